The van der Waals surface area contributed by atoms with Crippen molar-refractivity contribution in [1.29, 1.82) is 5.26 Å². The molecule has 166 valence electrons. The Morgan fingerprint density at radius 2 is 1.97 bits per heavy atom. The van der Waals surface area contributed by atoms with Crippen LogP contribution in [0.3, 0.4) is 0 Å². The molecule has 2 aromatic rings. The summed E-state index contributed by atoms with van der Waals surface area (Å²) in [5.41, 5.74) is 2.08. The van der Waals surface area contributed by atoms with Crippen LogP contribution >= 0.6 is 24.0 Å². The first kappa shape index (κ1) is 23.8. The van der Waals surface area contributed by atoms with Gasteiger partial charge in [0.05, 0.1) is 4.91 Å². The Bertz CT molecular complexity index is 1180. The molecule has 1 aliphatic heterocycles. The zero-order valence-electron chi connectivity index (χ0n) is 18.6. The lowest BCUT2D eigenvalue weighted by Gasteiger charge is -2.21. The lowest BCUT2D eigenvalue weighted by molar-refractivity contribution is -0.123. The molecule has 1 atom stereocenters. The summed E-state index contributed by atoms with van der Waals surface area (Å²) in [6.45, 7) is 6.31. The van der Waals surface area contributed by atoms with E-state index in [1.807, 2.05) is 50.2 Å². The number of nitriles is 1. The summed E-state index contributed by atoms with van der Waals surface area (Å²) in [6.07, 6.45) is 3.31. The Balaban J connectivity index is 2.02. The van der Waals surface area contributed by atoms with Crippen LogP contribution in [-0.2, 0) is 18.3 Å². The van der Waals surface area contributed by atoms with E-state index in [1.165, 1.54) is 21.9 Å². The minimum atomic E-state index is -0.364. The number of pyridine rings is 1. The normalized spacial score (nSPS) is 15.8. The van der Waals surface area contributed by atoms with Gasteiger partial charge in [-0.15, -0.1) is 0 Å². The van der Waals surface area contributed by atoms with Crippen molar-refractivity contribution in [3.05, 3.63) is 67.8 Å². The topological polar surface area (TPSA) is 78.1 Å². The van der Waals surface area contributed by atoms with Crippen molar-refractivity contribution in [1.82, 2.24) is 9.47 Å². The highest BCUT2D eigenvalue weighted by atomic mass is 32.2. The van der Waals surface area contributed by atoms with Crippen LogP contribution in [0.1, 0.15) is 42.5 Å². The fourth-order valence-electron chi connectivity index (χ4n) is 3.59. The molecule has 32 heavy (non-hydrogen) atoms. The molecule has 1 saturated heterocycles. The number of nitrogens with one attached hydrogen (secondary N) is 1. The van der Waals surface area contributed by atoms with E-state index in [2.05, 4.69) is 5.32 Å². The number of anilines is 1. The van der Waals surface area contributed by atoms with Crippen molar-refractivity contribution in [2.24, 2.45) is 7.05 Å². The highest BCUT2D eigenvalue weighted by molar-refractivity contribution is 8.26. The number of aromatic nitrogens is 1. The fourth-order valence-corrected chi connectivity index (χ4v) is 5.03. The van der Waals surface area contributed by atoms with Gasteiger partial charge < -0.3 is 5.32 Å². The number of nitrogens with zero attached hydrogens (tertiary/aromatic N) is 3. The number of hydrogen-bond acceptors (Lipinski definition) is 6. The third-order valence-electron chi connectivity index (χ3n) is 5.68. The van der Waals surface area contributed by atoms with E-state index in [0.29, 0.717) is 32.7 Å². The Labute approximate surface area is 197 Å². The van der Waals surface area contributed by atoms with E-state index >= 15 is 0 Å². The fraction of sp³-hybridized carbons (Fsp3) is 0.333. The summed E-state index contributed by atoms with van der Waals surface area (Å²) in [5.74, 6) is 0.438. The van der Waals surface area contributed by atoms with Crippen LogP contribution in [0.15, 0.2) is 40.0 Å². The van der Waals surface area contributed by atoms with Crippen LogP contribution in [0.4, 0.5) is 5.82 Å². The summed E-state index contributed by atoms with van der Waals surface area (Å²) >= 11 is 6.70. The predicted octanol–water partition coefficient (Wildman–Crippen LogP) is 4.22. The van der Waals surface area contributed by atoms with Gasteiger partial charge in [-0.25, -0.2) is 0 Å². The van der Waals surface area contributed by atoms with E-state index in [0.717, 1.165) is 12.8 Å². The minimum absolute atomic E-state index is 0.00719. The van der Waals surface area contributed by atoms with E-state index in [9.17, 15) is 14.9 Å². The molecule has 8 heteroatoms. The van der Waals surface area contributed by atoms with Crippen molar-refractivity contribution in [2.75, 3.05) is 11.9 Å². The molecule has 1 aromatic carbocycles. The number of benzene rings is 1. The zero-order valence-corrected chi connectivity index (χ0v) is 20.3. The number of carbonyl (C=O) groups is 1. The summed E-state index contributed by atoms with van der Waals surface area (Å²) < 4.78 is 1.97. The first-order valence-electron chi connectivity index (χ1n) is 10.5. The summed E-state index contributed by atoms with van der Waals surface area (Å²) in [7, 11) is 1.63. The molecule has 0 aliphatic carbocycles. The summed E-state index contributed by atoms with van der Waals surface area (Å²) in [6, 6.07) is 12.1. The van der Waals surface area contributed by atoms with Crippen molar-refractivity contribution < 1.29 is 4.79 Å². The van der Waals surface area contributed by atoms with E-state index in [4.69, 9.17) is 12.2 Å². The van der Waals surface area contributed by atoms with Gasteiger partial charge in [0.2, 0.25) is 0 Å². The number of amides is 1. The minimum Gasteiger partial charge on any atom is -0.371 e. The Kier molecular flexibility index (Phi) is 7.54. The predicted molar refractivity (Wildman–Crippen MR) is 135 cm³/mol. The van der Waals surface area contributed by atoms with Gasteiger partial charge in [-0.05, 0) is 43.9 Å². The van der Waals surface area contributed by atoms with Crippen LogP contribution in [0.5, 0.6) is 0 Å². The Morgan fingerprint density at radius 3 is 2.59 bits per heavy atom. The van der Waals surface area contributed by atoms with Gasteiger partial charge in [0.15, 0.2) is 0 Å². The monoisotopic (exact) mass is 466 g/mol. The van der Waals surface area contributed by atoms with Crippen molar-refractivity contribution in [3.8, 4) is 6.07 Å². The van der Waals surface area contributed by atoms with Crippen molar-refractivity contribution in [2.45, 2.75) is 39.7 Å². The van der Waals surface area contributed by atoms with Gasteiger partial charge in [0, 0.05) is 25.2 Å². The lowest BCUT2D eigenvalue weighted by Crippen LogP contribution is -2.36. The molecule has 1 aromatic heterocycles. The van der Waals surface area contributed by atoms with Gasteiger partial charge >= 0.3 is 0 Å². The third kappa shape index (κ3) is 4.64. The molecule has 0 bridgehead atoms. The molecule has 0 spiro atoms. The highest BCUT2D eigenvalue weighted by Gasteiger charge is 2.35. The molecule has 0 radical (unpaired) electrons. The molecule has 1 aliphatic rings. The van der Waals surface area contributed by atoms with E-state index in [-0.39, 0.29) is 23.1 Å². The summed E-state index contributed by atoms with van der Waals surface area (Å²) in [4.78, 5) is 27.9. The van der Waals surface area contributed by atoms with Gasteiger partial charge in [-0.2, -0.15) is 5.26 Å². The lowest BCUT2D eigenvalue weighted by atomic mass is 10.0. The van der Waals surface area contributed by atoms with Gasteiger partial charge in [-0.3, -0.25) is 19.1 Å². The van der Waals surface area contributed by atoms with Gasteiger partial charge in [0.1, 0.15) is 21.8 Å². The molecule has 1 unspecified atom stereocenters. The second kappa shape index (κ2) is 10.2. The number of thioether (sulfide) groups is 1. The molecular weight excluding hydrogens is 440 g/mol. The maximum atomic E-state index is 13.0. The van der Waals surface area contributed by atoms with Crippen LogP contribution in [0.25, 0.3) is 6.08 Å². The molecule has 2 heterocycles. The maximum Gasteiger partial charge on any atom is 0.270 e. The van der Waals surface area contributed by atoms with Gasteiger partial charge in [-0.1, -0.05) is 61.2 Å². The maximum absolute atomic E-state index is 13.0. The average molecular weight is 467 g/mol. The molecule has 6 nitrogen and oxygen atoms in total. The smallest absolute Gasteiger partial charge is 0.270 e. The first-order valence-corrected chi connectivity index (χ1v) is 11.7. The molecule has 3 rings (SSSR count). The zero-order chi connectivity index (χ0) is 23.4. The molecular formula is C24H26N4O2S2. The highest BCUT2D eigenvalue weighted by Crippen LogP contribution is 2.36. The van der Waals surface area contributed by atoms with Gasteiger partial charge in [0.25, 0.3) is 11.5 Å². The largest absolute Gasteiger partial charge is 0.371 e. The first-order chi connectivity index (χ1) is 15.3. The quantitative estimate of drug-likeness (QED) is 0.486. The number of hydrogen-bond donors (Lipinski definition) is 1. The number of thiocarbonyl (C=S) groups is 1. The molecule has 1 fully saturated rings. The van der Waals surface area contributed by atoms with Crippen molar-refractivity contribution >= 4 is 46.1 Å². The van der Waals surface area contributed by atoms with Crippen molar-refractivity contribution in [3.63, 3.8) is 0 Å². The SMILES string of the molecule is CCC(C)N1C(=O)/C(=C\c2c(C)c(C#N)c(=O)n(C)c2NCCc2ccccc2)SC1=S. The van der Waals surface area contributed by atoms with E-state index in [1.54, 1.807) is 24.9 Å². The molecule has 1 N–H and O–H groups in total. The second-order valence-electron chi connectivity index (χ2n) is 7.71. The number of rotatable bonds is 7. The van der Waals surface area contributed by atoms with Crippen LogP contribution in [0, 0.1) is 18.3 Å². The Morgan fingerprint density at radius 1 is 1.28 bits per heavy atom. The van der Waals surface area contributed by atoms with Crippen LogP contribution in [0.2, 0.25) is 0 Å². The third-order valence-corrected chi connectivity index (χ3v) is 7.01. The second-order valence-corrected chi connectivity index (χ2v) is 9.39. The average Bonchev–Trinajstić information content (AvgIpc) is 3.07. The Hall–Kier alpha value is -2.89. The standard InChI is InChI=1S/C24H26N4O2S2/c1-5-15(2)28-23(30)20(32-24(28)31)13-18-16(3)19(14-25)22(29)27(4)21(18)26-12-11-17-9-7-6-8-10-17/h6-10,13,15,26H,5,11-12H2,1-4H3/b20-13+. The van der Waals surface area contributed by atoms with Crippen LogP contribution in [-0.4, -0.2) is 32.3 Å². The number of carbonyl (C=O) groups excluding carboxylic acids is 1. The molecule has 0 saturated carbocycles. The molecule has 1 amide bonds. The summed E-state index contributed by atoms with van der Waals surface area (Å²) in [5, 5.41) is 12.9. The van der Waals surface area contributed by atoms with E-state index < -0.39 is 0 Å². The van der Waals surface area contributed by atoms with Crippen LogP contribution < -0.4 is 10.9 Å².